The summed E-state index contributed by atoms with van der Waals surface area (Å²) in [5.74, 6) is 1.79. The minimum Gasteiger partial charge on any atom is -0.493 e. The Morgan fingerprint density at radius 3 is 2.62 bits per heavy atom. The van der Waals surface area contributed by atoms with Gasteiger partial charge in [-0.3, -0.25) is 14.6 Å². The van der Waals surface area contributed by atoms with Gasteiger partial charge in [0.15, 0.2) is 11.5 Å². The zero-order valence-corrected chi connectivity index (χ0v) is 19.2. The van der Waals surface area contributed by atoms with Crippen LogP contribution in [0.4, 0.5) is 0 Å². The van der Waals surface area contributed by atoms with Crippen molar-refractivity contribution in [3.8, 4) is 17.6 Å². The van der Waals surface area contributed by atoms with Gasteiger partial charge in [0.2, 0.25) is 5.91 Å². The van der Waals surface area contributed by atoms with Crippen LogP contribution in [0.1, 0.15) is 29.9 Å². The number of rotatable bonds is 7. The van der Waals surface area contributed by atoms with E-state index in [0.717, 1.165) is 35.9 Å². The van der Waals surface area contributed by atoms with Crippen LogP contribution in [-0.2, 0) is 11.2 Å². The summed E-state index contributed by atoms with van der Waals surface area (Å²) in [6, 6.07) is 18.4. The van der Waals surface area contributed by atoms with Crippen molar-refractivity contribution in [2.45, 2.75) is 25.2 Å². The van der Waals surface area contributed by atoms with Gasteiger partial charge in [-0.15, -0.1) is 0 Å². The van der Waals surface area contributed by atoms with Gasteiger partial charge < -0.3 is 9.47 Å². The molecule has 0 aromatic heterocycles. The van der Waals surface area contributed by atoms with Crippen LogP contribution in [0, 0.1) is 11.3 Å². The molecule has 2 aliphatic rings. The maximum absolute atomic E-state index is 13.1. The molecule has 1 saturated heterocycles. The molecule has 1 fully saturated rings. The SMILES string of the molecule is COc1ccc(C2CC(=O)N3CN(CCCc4ccccc4)CSC3=C2C#N)cc1OC. The maximum atomic E-state index is 13.1. The van der Waals surface area contributed by atoms with E-state index < -0.39 is 0 Å². The summed E-state index contributed by atoms with van der Waals surface area (Å²) in [5, 5.41) is 10.8. The van der Waals surface area contributed by atoms with E-state index in [4.69, 9.17) is 9.47 Å². The summed E-state index contributed by atoms with van der Waals surface area (Å²) in [6.07, 6.45) is 2.33. The minimum atomic E-state index is -0.268. The Bertz CT molecular complexity index is 1050. The van der Waals surface area contributed by atoms with Crippen molar-refractivity contribution < 1.29 is 14.3 Å². The number of hydrogen-bond acceptors (Lipinski definition) is 6. The number of methoxy groups -OCH3 is 2. The van der Waals surface area contributed by atoms with Crippen molar-refractivity contribution in [1.29, 1.82) is 5.26 Å². The second-order valence-corrected chi connectivity index (χ2v) is 8.86. The number of carbonyl (C=O) groups is 1. The number of allylic oxidation sites excluding steroid dienone is 1. The van der Waals surface area contributed by atoms with E-state index in [9.17, 15) is 10.1 Å². The number of amides is 1. The van der Waals surface area contributed by atoms with Gasteiger partial charge in [-0.05, 0) is 36.1 Å². The largest absolute Gasteiger partial charge is 0.493 e. The number of ether oxygens (including phenoxy) is 2. The zero-order chi connectivity index (χ0) is 22.5. The molecule has 1 atom stereocenters. The number of hydrogen-bond donors (Lipinski definition) is 0. The molecule has 0 saturated carbocycles. The highest BCUT2D eigenvalue weighted by Crippen LogP contribution is 2.44. The molecule has 2 aromatic carbocycles. The van der Waals surface area contributed by atoms with Gasteiger partial charge in [0.1, 0.15) is 0 Å². The van der Waals surface area contributed by atoms with Crippen molar-refractivity contribution >= 4 is 17.7 Å². The van der Waals surface area contributed by atoms with Crippen LogP contribution < -0.4 is 9.47 Å². The third-order valence-electron chi connectivity index (χ3n) is 5.94. The lowest BCUT2D eigenvalue weighted by Crippen LogP contribution is -2.47. The molecule has 0 spiro atoms. The van der Waals surface area contributed by atoms with E-state index in [-0.39, 0.29) is 18.2 Å². The second kappa shape index (κ2) is 10.1. The summed E-state index contributed by atoms with van der Waals surface area (Å²) in [5.41, 5.74) is 2.88. The predicted molar refractivity (Wildman–Crippen MR) is 125 cm³/mol. The molecule has 166 valence electrons. The first-order valence-corrected chi connectivity index (χ1v) is 11.7. The topological polar surface area (TPSA) is 65.8 Å². The number of benzene rings is 2. The first-order valence-electron chi connectivity index (χ1n) is 10.7. The highest BCUT2D eigenvalue weighted by Gasteiger charge is 2.38. The van der Waals surface area contributed by atoms with E-state index in [2.05, 4.69) is 35.2 Å². The van der Waals surface area contributed by atoms with E-state index in [0.29, 0.717) is 23.7 Å². The fraction of sp³-hybridized carbons (Fsp3) is 0.360. The standard InChI is InChI=1S/C25H27N3O3S/c1-30-22-11-10-19(13-23(22)31-2)20-14-24(29)28-16-27(17-32-25(28)21(20)15-26)12-6-9-18-7-4-3-5-8-18/h3-5,7-8,10-11,13,20H,6,9,12,14,16-17H2,1-2H3. The van der Waals surface area contributed by atoms with E-state index in [1.165, 1.54) is 5.56 Å². The van der Waals surface area contributed by atoms with Crippen LogP contribution in [0.15, 0.2) is 59.1 Å². The van der Waals surface area contributed by atoms with Gasteiger partial charge in [0.25, 0.3) is 0 Å². The van der Waals surface area contributed by atoms with Crippen LogP contribution in [0.5, 0.6) is 11.5 Å². The average molecular weight is 450 g/mol. The van der Waals surface area contributed by atoms with Crippen LogP contribution in [0.2, 0.25) is 0 Å². The van der Waals surface area contributed by atoms with Crippen LogP contribution in [0.25, 0.3) is 0 Å². The Morgan fingerprint density at radius 1 is 1.12 bits per heavy atom. The minimum absolute atomic E-state index is 0.0547. The molecular weight excluding hydrogens is 422 g/mol. The Balaban J connectivity index is 1.48. The molecule has 0 bridgehead atoms. The van der Waals surface area contributed by atoms with Gasteiger partial charge in [-0.1, -0.05) is 48.2 Å². The van der Waals surface area contributed by atoms with Crippen LogP contribution in [0.3, 0.4) is 0 Å². The Labute approximate surface area is 193 Å². The van der Waals surface area contributed by atoms with Crippen LogP contribution >= 0.6 is 11.8 Å². The molecule has 0 aliphatic carbocycles. The highest BCUT2D eigenvalue weighted by atomic mass is 32.2. The number of fused-ring (bicyclic) bond motifs is 1. The summed E-state index contributed by atoms with van der Waals surface area (Å²) >= 11 is 1.59. The molecule has 7 heteroatoms. The summed E-state index contributed by atoms with van der Waals surface area (Å²) in [7, 11) is 3.18. The fourth-order valence-corrected chi connectivity index (χ4v) is 5.43. The lowest BCUT2D eigenvalue weighted by Gasteiger charge is -2.41. The van der Waals surface area contributed by atoms with E-state index in [1.807, 2.05) is 24.3 Å². The number of nitriles is 1. The van der Waals surface area contributed by atoms with Gasteiger partial charge in [-0.2, -0.15) is 5.26 Å². The number of thioether (sulfide) groups is 1. The summed E-state index contributed by atoms with van der Waals surface area (Å²) in [4.78, 5) is 17.1. The molecule has 0 radical (unpaired) electrons. The molecule has 32 heavy (non-hydrogen) atoms. The first kappa shape index (κ1) is 22.3. The van der Waals surface area contributed by atoms with E-state index in [1.54, 1.807) is 30.9 Å². The monoisotopic (exact) mass is 449 g/mol. The van der Waals surface area contributed by atoms with Crippen molar-refractivity contribution in [2.75, 3.05) is 33.3 Å². The molecule has 2 aliphatic heterocycles. The fourth-order valence-electron chi connectivity index (χ4n) is 4.25. The Hall–Kier alpha value is -2.95. The normalized spacial score (nSPS) is 18.8. The lowest BCUT2D eigenvalue weighted by molar-refractivity contribution is -0.131. The molecule has 1 amide bonds. The molecule has 4 rings (SSSR count). The van der Waals surface area contributed by atoms with Crippen LogP contribution in [-0.4, -0.2) is 49.0 Å². The van der Waals surface area contributed by atoms with E-state index >= 15 is 0 Å². The summed E-state index contributed by atoms with van der Waals surface area (Å²) < 4.78 is 10.7. The second-order valence-electron chi connectivity index (χ2n) is 7.92. The zero-order valence-electron chi connectivity index (χ0n) is 18.4. The van der Waals surface area contributed by atoms with Gasteiger partial charge in [0.05, 0.1) is 43.4 Å². The smallest absolute Gasteiger partial charge is 0.229 e. The number of aryl methyl sites for hydroxylation is 1. The first-order chi connectivity index (χ1) is 15.6. The predicted octanol–water partition coefficient (Wildman–Crippen LogP) is 4.35. The molecule has 2 heterocycles. The molecule has 2 aromatic rings. The molecule has 1 unspecified atom stereocenters. The van der Waals surface area contributed by atoms with Crippen molar-refractivity contribution in [3.63, 3.8) is 0 Å². The van der Waals surface area contributed by atoms with Crippen molar-refractivity contribution in [2.24, 2.45) is 0 Å². The Kier molecular flexibility index (Phi) is 7.03. The summed E-state index contributed by atoms with van der Waals surface area (Å²) in [6.45, 7) is 1.46. The molecule has 0 N–H and O–H groups in total. The van der Waals surface area contributed by atoms with Gasteiger partial charge in [0, 0.05) is 18.9 Å². The van der Waals surface area contributed by atoms with Crippen molar-refractivity contribution in [1.82, 2.24) is 9.80 Å². The van der Waals surface area contributed by atoms with Gasteiger partial charge >= 0.3 is 0 Å². The molecule has 6 nitrogen and oxygen atoms in total. The quantitative estimate of drug-likeness (QED) is 0.626. The molecular formula is C25H27N3O3S. The maximum Gasteiger partial charge on any atom is 0.229 e. The third-order valence-corrected chi connectivity index (χ3v) is 7.15. The number of nitrogens with zero attached hydrogens (tertiary/aromatic N) is 3. The average Bonchev–Trinajstić information content (AvgIpc) is 2.84. The van der Waals surface area contributed by atoms with Gasteiger partial charge in [-0.25, -0.2) is 0 Å². The van der Waals surface area contributed by atoms with Crippen molar-refractivity contribution in [3.05, 3.63) is 70.3 Å². The third kappa shape index (κ3) is 4.62. The Morgan fingerprint density at radius 2 is 1.91 bits per heavy atom. The lowest BCUT2D eigenvalue weighted by atomic mass is 9.86. The highest BCUT2D eigenvalue weighted by molar-refractivity contribution is 8.03. The number of carbonyl (C=O) groups excluding carboxylic acids is 1.